The van der Waals surface area contributed by atoms with Crippen LogP contribution in [-0.2, 0) is 14.3 Å². The first-order valence-corrected chi connectivity index (χ1v) is 9.31. The second-order valence-corrected chi connectivity index (χ2v) is 6.85. The predicted octanol–water partition coefficient (Wildman–Crippen LogP) is 2.01. The fourth-order valence-electron chi connectivity index (χ4n) is 3.00. The number of nitrogens with zero attached hydrogens (tertiary/aromatic N) is 1. The zero-order chi connectivity index (χ0) is 19.8. The van der Waals surface area contributed by atoms with Gasteiger partial charge >= 0.3 is 5.97 Å². The van der Waals surface area contributed by atoms with Crippen LogP contribution < -0.4 is 10.1 Å². The first-order valence-electron chi connectivity index (χ1n) is 9.31. The lowest BCUT2D eigenvalue weighted by molar-refractivity contribution is -0.159. The van der Waals surface area contributed by atoms with Gasteiger partial charge in [0.05, 0.1) is 19.1 Å². The van der Waals surface area contributed by atoms with Crippen LogP contribution in [0.15, 0.2) is 24.3 Å². The summed E-state index contributed by atoms with van der Waals surface area (Å²) in [4.78, 5) is 38.2. The van der Waals surface area contributed by atoms with Crippen LogP contribution >= 0.6 is 0 Å². The van der Waals surface area contributed by atoms with E-state index in [0.717, 1.165) is 12.8 Å². The zero-order valence-electron chi connectivity index (χ0n) is 16.2. The maximum absolute atomic E-state index is 12.3. The maximum atomic E-state index is 12.3. The van der Waals surface area contributed by atoms with Crippen LogP contribution in [0.5, 0.6) is 5.75 Å². The third kappa shape index (κ3) is 5.98. The molecule has 2 rings (SSSR count). The van der Waals surface area contributed by atoms with Crippen LogP contribution in [0.4, 0.5) is 0 Å². The third-order valence-electron chi connectivity index (χ3n) is 4.72. The second-order valence-electron chi connectivity index (χ2n) is 6.85. The first kappa shape index (κ1) is 20.7. The van der Waals surface area contributed by atoms with Gasteiger partial charge in [0.15, 0.2) is 6.10 Å². The molecule has 1 aromatic rings. The molecular formula is C20H28N2O5. The van der Waals surface area contributed by atoms with E-state index in [9.17, 15) is 14.4 Å². The van der Waals surface area contributed by atoms with Gasteiger partial charge in [-0.3, -0.25) is 14.4 Å². The van der Waals surface area contributed by atoms with E-state index in [2.05, 4.69) is 12.2 Å². The van der Waals surface area contributed by atoms with Crippen molar-refractivity contribution < 1.29 is 23.9 Å². The van der Waals surface area contributed by atoms with Crippen molar-refractivity contribution in [1.29, 1.82) is 0 Å². The van der Waals surface area contributed by atoms with Gasteiger partial charge in [-0.05, 0) is 37.8 Å². The molecule has 1 aromatic carbocycles. The number of carbonyl (C=O) groups excluding carboxylic acids is 3. The quantitative estimate of drug-likeness (QED) is 0.736. The van der Waals surface area contributed by atoms with E-state index in [-0.39, 0.29) is 24.8 Å². The molecule has 1 saturated heterocycles. The Morgan fingerprint density at radius 2 is 1.89 bits per heavy atom. The first-order chi connectivity index (χ1) is 12.9. The van der Waals surface area contributed by atoms with Crippen LogP contribution in [0, 0.1) is 5.92 Å². The monoisotopic (exact) mass is 376 g/mol. The number of likely N-dealkylation sites (tertiary alicyclic amines) is 1. The van der Waals surface area contributed by atoms with Crippen molar-refractivity contribution in [1.82, 2.24) is 10.2 Å². The Morgan fingerprint density at radius 3 is 2.56 bits per heavy atom. The normalized spacial score (nSPS) is 15.7. The summed E-state index contributed by atoms with van der Waals surface area (Å²) < 4.78 is 10.4. The minimum Gasteiger partial charge on any atom is -0.496 e. The van der Waals surface area contributed by atoms with Crippen LogP contribution in [0.3, 0.4) is 0 Å². The van der Waals surface area contributed by atoms with Gasteiger partial charge in [-0.15, -0.1) is 0 Å². The van der Waals surface area contributed by atoms with Gasteiger partial charge in [-0.25, -0.2) is 0 Å². The molecule has 2 amide bonds. The van der Waals surface area contributed by atoms with Crippen LogP contribution in [0.25, 0.3) is 0 Å². The second kappa shape index (κ2) is 9.94. The van der Waals surface area contributed by atoms with E-state index in [4.69, 9.17) is 9.47 Å². The van der Waals surface area contributed by atoms with Crippen molar-refractivity contribution in [2.75, 3.05) is 26.7 Å². The molecule has 7 heteroatoms. The fourth-order valence-corrected chi connectivity index (χ4v) is 3.00. The molecule has 0 spiro atoms. The number of esters is 1. The van der Waals surface area contributed by atoms with Crippen molar-refractivity contribution in [3.05, 3.63) is 29.8 Å². The number of hydrogen-bond acceptors (Lipinski definition) is 5. The van der Waals surface area contributed by atoms with Gasteiger partial charge in [0.1, 0.15) is 5.75 Å². The smallest absolute Gasteiger partial charge is 0.308 e. The van der Waals surface area contributed by atoms with Gasteiger partial charge in [0.25, 0.3) is 11.8 Å². The molecule has 27 heavy (non-hydrogen) atoms. The van der Waals surface area contributed by atoms with E-state index in [1.807, 2.05) is 0 Å². The Hall–Kier alpha value is -2.57. The summed E-state index contributed by atoms with van der Waals surface area (Å²) in [5.74, 6) is 0.0908. The molecule has 1 aliphatic heterocycles. The summed E-state index contributed by atoms with van der Waals surface area (Å²) in [5.41, 5.74) is 0.399. The number of carbonyl (C=O) groups is 3. The van der Waals surface area contributed by atoms with Gasteiger partial charge < -0.3 is 19.7 Å². The van der Waals surface area contributed by atoms with E-state index in [0.29, 0.717) is 30.3 Å². The minimum absolute atomic E-state index is 0.00442. The lowest BCUT2D eigenvalue weighted by atomic mass is 9.99. The molecule has 0 aromatic heterocycles. The van der Waals surface area contributed by atoms with E-state index < -0.39 is 12.1 Å². The summed E-state index contributed by atoms with van der Waals surface area (Å²) in [6.45, 7) is 5.29. The number of ether oxygens (including phenoxy) is 2. The van der Waals surface area contributed by atoms with Crippen molar-refractivity contribution in [3.8, 4) is 5.75 Å². The van der Waals surface area contributed by atoms with E-state index in [1.165, 1.54) is 7.11 Å². The van der Waals surface area contributed by atoms with Gasteiger partial charge in [-0.2, -0.15) is 0 Å². The Bertz CT molecular complexity index is 668. The SMILES string of the molecule is COc1ccccc1C(=O)NCCC(=O)OC(C)C(=O)N1CCC(C)CC1. The molecule has 148 valence electrons. The molecule has 1 atom stereocenters. The molecule has 1 unspecified atom stereocenters. The number of benzene rings is 1. The Balaban J connectivity index is 1.74. The van der Waals surface area contributed by atoms with Gasteiger partial charge in [0.2, 0.25) is 0 Å². The lowest BCUT2D eigenvalue weighted by Gasteiger charge is -2.31. The summed E-state index contributed by atoms with van der Waals surface area (Å²) >= 11 is 0. The average molecular weight is 376 g/mol. The zero-order valence-corrected chi connectivity index (χ0v) is 16.2. The molecule has 7 nitrogen and oxygen atoms in total. The number of para-hydroxylation sites is 1. The van der Waals surface area contributed by atoms with Crippen molar-refractivity contribution in [3.63, 3.8) is 0 Å². The highest BCUT2D eigenvalue weighted by atomic mass is 16.5. The molecule has 1 fully saturated rings. The maximum Gasteiger partial charge on any atom is 0.308 e. The highest BCUT2D eigenvalue weighted by Gasteiger charge is 2.26. The predicted molar refractivity (Wildman–Crippen MR) is 100 cm³/mol. The topological polar surface area (TPSA) is 84.9 Å². The highest BCUT2D eigenvalue weighted by molar-refractivity contribution is 5.97. The highest BCUT2D eigenvalue weighted by Crippen LogP contribution is 2.18. The summed E-state index contributed by atoms with van der Waals surface area (Å²) in [6, 6.07) is 6.85. The average Bonchev–Trinajstić information content (AvgIpc) is 2.67. The molecule has 0 aliphatic carbocycles. The fraction of sp³-hybridized carbons (Fsp3) is 0.550. The number of piperidine rings is 1. The van der Waals surface area contributed by atoms with E-state index in [1.54, 1.807) is 36.1 Å². The van der Waals surface area contributed by atoms with Gasteiger partial charge in [0, 0.05) is 19.6 Å². The molecule has 0 saturated carbocycles. The summed E-state index contributed by atoms with van der Waals surface area (Å²) in [6.07, 6.45) is 1.13. The standard InChI is InChI=1S/C20H28N2O5/c1-14-9-12-22(13-10-14)20(25)15(2)27-18(23)8-11-21-19(24)16-6-4-5-7-17(16)26-3/h4-7,14-15H,8-13H2,1-3H3,(H,21,24). The van der Waals surface area contributed by atoms with Crippen LogP contribution in [-0.4, -0.2) is 55.5 Å². The Labute approximate surface area is 160 Å². The lowest BCUT2D eigenvalue weighted by Crippen LogP contribution is -2.44. The largest absolute Gasteiger partial charge is 0.496 e. The summed E-state index contributed by atoms with van der Waals surface area (Å²) in [7, 11) is 1.49. The number of rotatable bonds is 7. The number of amides is 2. The molecular weight excluding hydrogens is 348 g/mol. The minimum atomic E-state index is -0.809. The van der Waals surface area contributed by atoms with Gasteiger partial charge in [-0.1, -0.05) is 19.1 Å². The Kier molecular flexibility index (Phi) is 7.64. The molecule has 1 N–H and O–H groups in total. The third-order valence-corrected chi connectivity index (χ3v) is 4.72. The van der Waals surface area contributed by atoms with Crippen LogP contribution in [0.2, 0.25) is 0 Å². The number of hydrogen-bond donors (Lipinski definition) is 1. The summed E-state index contributed by atoms with van der Waals surface area (Å²) in [5, 5.41) is 2.66. The molecule has 1 aliphatic rings. The van der Waals surface area contributed by atoms with Crippen LogP contribution in [0.1, 0.15) is 43.5 Å². The van der Waals surface area contributed by atoms with E-state index >= 15 is 0 Å². The molecule has 1 heterocycles. The molecule has 0 bridgehead atoms. The number of nitrogens with one attached hydrogen (secondary N) is 1. The van der Waals surface area contributed by atoms with Crippen molar-refractivity contribution in [2.45, 2.75) is 39.2 Å². The van der Waals surface area contributed by atoms with Crippen molar-refractivity contribution >= 4 is 17.8 Å². The number of methoxy groups -OCH3 is 1. The Morgan fingerprint density at radius 1 is 1.22 bits per heavy atom. The van der Waals surface area contributed by atoms with Crippen molar-refractivity contribution in [2.24, 2.45) is 5.92 Å². The molecule has 0 radical (unpaired) electrons.